The monoisotopic (exact) mass is 395 g/mol. The maximum atomic E-state index is 12.5. The topological polar surface area (TPSA) is 30.0 Å². The summed E-state index contributed by atoms with van der Waals surface area (Å²) in [5.74, 6) is 0. The van der Waals surface area contributed by atoms with Gasteiger partial charge in [-0.25, -0.2) is 13.8 Å². The molecule has 0 aromatic carbocycles. The highest BCUT2D eigenvalue weighted by Gasteiger charge is 2.21. The van der Waals surface area contributed by atoms with Gasteiger partial charge in [0, 0.05) is 5.56 Å². The van der Waals surface area contributed by atoms with Gasteiger partial charge < -0.3 is 0 Å². The average Bonchev–Trinajstić information content (AvgIpc) is 2.01. The van der Waals surface area contributed by atoms with Crippen molar-refractivity contribution < 1.29 is 13.6 Å². The molecule has 0 aliphatic carbocycles. The Bertz CT molecular complexity index is 388. The Labute approximate surface area is 105 Å². The van der Waals surface area contributed by atoms with Crippen LogP contribution >= 0.6 is 50.1 Å². The summed E-state index contributed by atoms with van der Waals surface area (Å²) in [7, 11) is 0. The number of hydrogen-bond donors (Lipinski definition) is 0. The van der Waals surface area contributed by atoms with Crippen molar-refractivity contribution in [1.29, 1.82) is 0 Å². The minimum absolute atomic E-state index is 0.0414. The summed E-state index contributed by atoms with van der Waals surface area (Å²) in [5.41, 5.74) is -0.682. The van der Waals surface area contributed by atoms with Crippen molar-refractivity contribution in [2.24, 2.45) is 0 Å². The van der Waals surface area contributed by atoms with Crippen LogP contribution in [0.4, 0.5) is 8.78 Å². The molecule has 0 fully saturated rings. The van der Waals surface area contributed by atoms with E-state index in [1.165, 1.54) is 0 Å². The Morgan fingerprint density at radius 3 is 2.64 bits per heavy atom. The highest BCUT2D eigenvalue weighted by molar-refractivity contribution is 14.1. The standard InChI is InChI=1S/C7H2BrClF2INO/c8-5-4(6(9)14)2(7(10)11)1-3(12)13-5/h1,7H. The van der Waals surface area contributed by atoms with Crippen LogP contribution in [0.25, 0.3) is 0 Å². The SMILES string of the molecule is O=C(Cl)c1c(C(F)F)cc(I)nc1Br. The molecule has 0 aliphatic rings. The summed E-state index contributed by atoms with van der Waals surface area (Å²) in [4.78, 5) is 14.7. The van der Waals surface area contributed by atoms with Crippen LogP contribution in [-0.4, -0.2) is 10.2 Å². The number of pyridine rings is 1. The molecule has 76 valence electrons. The Morgan fingerprint density at radius 1 is 1.64 bits per heavy atom. The first kappa shape index (κ1) is 12.3. The lowest BCUT2D eigenvalue weighted by molar-refractivity contribution is 0.106. The highest BCUT2D eigenvalue weighted by atomic mass is 127. The summed E-state index contributed by atoms with van der Waals surface area (Å²) < 4.78 is 25.4. The molecule has 0 unspecified atom stereocenters. The Hall–Kier alpha value is 0.180. The number of aromatic nitrogens is 1. The van der Waals surface area contributed by atoms with Gasteiger partial charge in [-0.1, -0.05) is 0 Å². The largest absolute Gasteiger partial charge is 0.275 e. The number of rotatable bonds is 2. The molecule has 1 heterocycles. The Balaban J connectivity index is 3.44. The van der Waals surface area contributed by atoms with Gasteiger partial charge in [0.1, 0.15) is 8.30 Å². The number of carbonyl (C=O) groups is 1. The lowest BCUT2D eigenvalue weighted by Gasteiger charge is -2.06. The van der Waals surface area contributed by atoms with E-state index in [4.69, 9.17) is 11.6 Å². The predicted octanol–water partition coefficient (Wildman–Crippen LogP) is 3.77. The summed E-state index contributed by atoms with van der Waals surface area (Å²) in [6.45, 7) is 0. The van der Waals surface area contributed by atoms with Gasteiger partial charge in [-0.05, 0) is 56.2 Å². The van der Waals surface area contributed by atoms with Gasteiger partial charge in [0.2, 0.25) is 0 Å². The molecule has 0 radical (unpaired) electrons. The zero-order chi connectivity index (χ0) is 10.9. The molecular weight excluding hydrogens is 394 g/mol. The number of alkyl halides is 2. The molecule has 0 saturated carbocycles. The molecule has 0 N–H and O–H groups in total. The van der Waals surface area contributed by atoms with E-state index in [-0.39, 0.29) is 10.2 Å². The van der Waals surface area contributed by atoms with Gasteiger partial charge in [0.15, 0.2) is 0 Å². The third-order valence-corrected chi connectivity index (χ3v) is 2.72. The molecule has 2 nitrogen and oxygen atoms in total. The van der Waals surface area contributed by atoms with Crippen molar-refractivity contribution >= 4 is 55.4 Å². The van der Waals surface area contributed by atoms with Crippen LogP contribution in [0.2, 0.25) is 0 Å². The zero-order valence-electron chi connectivity index (χ0n) is 6.40. The molecule has 7 heteroatoms. The summed E-state index contributed by atoms with van der Waals surface area (Å²) >= 11 is 9.85. The van der Waals surface area contributed by atoms with Crippen molar-refractivity contribution in [2.45, 2.75) is 6.43 Å². The summed E-state index contributed by atoms with van der Waals surface area (Å²) in [5, 5.41) is -0.948. The summed E-state index contributed by atoms with van der Waals surface area (Å²) in [6.07, 6.45) is -2.75. The third-order valence-electron chi connectivity index (χ3n) is 1.41. The van der Waals surface area contributed by atoms with Crippen LogP contribution in [0.3, 0.4) is 0 Å². The smallest absolute Gasteiger partial charge is 0.264 e. The van der Waals surface area contributed by atoms with E-state index in [0.717, 1.165) is 6.07 Å². The third kappa shape index (κ3) is 2.60. The average molecular weight is 396 g/mol. The van der Waals surface area contributed by atoms with Gasteiger partial charge in [-0.2, -0.15) is 0 Å². The highest BCUT2D eigenvalue weighted by Crippen LogP contribution is 2.29. The van der Waals surface area contributed by atoms with Crippen molar-refractivity contribution in [1.82, 2.24) is 4.98 Å². The molecule has 0 atom stereocenters. The maximum absolute atomic E-state index is 12.5. The fourth-order valence-electron chi connectivity index (χ4n) is 0.868. The molecule has 14 heavy (non-hydrogen) atoms. The number of carbonyl (C=O) groups excluding carboxylic acids is 1. The second kappa shape index (κ2) is 4.80. The van der Waals surface area contributed by atoms with E-state index in [1.807, 2.05) is 0 Å². The fraction of sp³-hybridized carbons (Fsp3) is 0.143. The van der Waals surface area contributed by atoms with E-state index in [2.05, 4.69) is 20.9 Å². The quantitative estimate of drug-likeness (QED) is 0.433. The molecule has 0 aliphatic heterocycles. The van der Waals surface area contributed by atoms with E-state index in [0.29, 0.717) is 3.70 Å². The second-order valence-corrected chi connectivity index (χ2v) is 4.47. The molecular formula is C7H2BrClF2INO. The Kier molecular flexibility index (Phi) is 4.20. The molecule has 0 saturated heterocycles. The van der Waals surface area contributed by atoms with Crippen molar-refractivity contribution in [3.05, 3.63) is 25.5 Å². The van der Waals surface area contributed by atoms with Gasteiger partial charge in [-0.15, -0.1) is 0 Å². The van der Waals surface area contributed by atoms with Crippen LogP contribution in [0, 0.1) is 3.70 Å². The lowest BCUT2D eigenvalue weighted by Crippen LogP contribution is -2.03. The minimum atomic E-state index is -2.75. The first-order chi connectivity index (χ1) is 6.43. The van der Waals surface area contributed by atoms with Crippen LogP contribution in [0.15, 0.2) is 10.7 Å². The van der Waals surface area contributed by atoms with Crippen LogP contribution in [0.1, 0.15) is 22.3 Å². The van der Waals surface area contributed by atoms with Crippen molar-refractivity contribution in [2.75, 3.05) is 0 Å². The predicted molar refractivity (Wildman–Crippen MR) is 59.8 cm³/mol. The normalized spacial score (nSPS) is 10.7. The molecule has 0 amide bonds. The maximum Gasteiger partial charge on any atom is 0.264 e. The second-order valence-electron chi connectivity index (χ2n) is 2.27. The van der Waals surface area contributed by atoms with Gasteiger partial charge in [0.05, 0.1) is 5.56 Å². The van der Waals surface area contributed by atoms with Crippen molar-refractivity contribution in [3.8, 4) is 0 Å². The first-order valence-electron chi connectivity index (χ1n) is 3.27. The van der Waals surface area contributed by atoms with Crippen molar-refractivity contribution in [3.63, 3.8) is 0 Å². The van der Waals surface area contributed by atoms with Crippen LogP contribution in [-0.2, 0) is 0 Å². The minimum Gasteiger partial charge on any atom is -0.275 e. The molecule has 1 aromatic rings. The first-order valence-corrected chi connectivity index (χ1v) is 5.52. The molecule has 1 rings (SSSR count). The molecule has 1 aromatic heterocycles. The van der Waals surface area contributed by atoms with E-state index >= 15 is 0 Å². The van der Waals surface area contributed by atoms with E-state index < -0.39 is 17.2 Å². The van der Waals surface area contributed by atoms with Gasteiger partial charge in [0.25, 0.3) is 11.7 Å². The molecule has 0 bridgehead atoms. The number of nitrogens with zero attached hydrogens (tertiary/aromatic N) is 1. The summed E-state index contributed by atoms with van der Waals surface area (Å²) in [6, 6.07) is 1.13. The van der Waals surface area contributed by atoms with Crippen LogP contribution in [0.5, 0.6) is 0 Å². The number of hydrogen-bond acceptors (Lipinski definition) is 2. The van der Waals surface area contributed by atoms with E-state index in [9.17, 15) is 13.6 Å². The lowest BCUT2D eigenvalue weighted by atomic mass is 10.1. The zero-order valence-corrected chi connectivity index (χ0v) is 10.9. The van der Waals surface area contributed by atoms with Crippen LogP contribution < -0.4 is 0 Å². The Morgan fingerprint density at radius 2 is 2.21 bits per heavy atom. The molecule has 0 spiro atoms. The van der Waals surface area contributed by atoms with E-state index in [1.54, 1.807) is 22.6 Å². The number of halogens is 5. The van der Waals surface area contributed by atoms with Gasteiger partial charge >= 0.3 is 0 Å². The van der Waals surface area contributed by atoms with Gasteiger partial charge in [-0.3, -0.25) is 4.79 Å². The fourth-order valence-corrected chi connectivity index (χ4v) is 2.69.